The van der Waals surface area contributed by atoms with Crippen LogP contribution < -0.4 is 0 Å². The van der Waals surface area contributed by atoms with E-state index in [1.807, 2.05) is 0 Å². The van der Waals surface area contributed by atoms with Gasteiger partial charge in [0.2, 0.25) is 6.29 Å². The Hall–Kier alpha value is -0.820. The van der Waals surface area contributed by atoms with Crippen molar-refractivity contribution in [3.63, 3.8) is 0 Å². The first kappa shape index (κ1) is 13.2. The molecule has 6 heteroatoms. The molecular formula is C8H14O6. The Bertz CT molecular complexity index is 171. The molecule has 0 bridgehead atoms. The summed E-state index contributed by atoms with van der Waals surface area (Å²) in [4.78, 5) is 20.8. The fourth-order valence-corrected chi connectivity index (χ4v) is 0.835. The normalized spacial score (nSPS) is 17.1. The van der Waals surface area contributed by atoms with Gasteiger partial charge in [-0.15, -0.1) is 0 Å². The summed E-state index contributed by atoms with van der Waals surface area (Å²) in [5.41, 5.74) is 0. The molecule has 0 aromatic heterocycles. The van der Waals surface area contributed by atoms with Crippen molar-refractivity contribution >= 4 is 12.6 Å². The van der Waals surface area contributed by atoms with Crippen LogP contribution in [0.2, 0.25) is 0 Å². The van der Waals surface area contributed by atoms with E-state index in [0.717, 1.165) is 0 Å². The molecular weight excluding hydrogens is 192 g/mol. The molecule has 0 unspecified atom stereocenters. The maximum atomic E-state index is 10.4. The van der Waals surface area contributed by atoms with E-state index >= 15 is 0 Å². The Kier molecular flexibility index (Phi) is 7.13. The van der Waals surface area contributed by atoms with Gasteiger partial charge in [-0.05, 0) is 0 Å². The van der Waals surface area contributed by atoms with Crippen molar-refractivity contribution in [1.29, 1.82) is 0 Å². The zero-order valence-corrected chi connectivity index (χ0v) is 8.08. The zero-order chi connectivity index (χ0) is 11.0. The monoisotopic (exact) mass is 206 g/mol. The lowest BCUT2D eigenvalue weighted by molar-refractivity contribution is -0.187. The molecule has 0 saturated heterocycles. The highest BCUT2D eigenvalue weighted by Gasteiger charge is 2.24. The Balaban J connectivity index is 4.24. The topological polar surface area (TPSA) is 82.1 Å². The number of methoxy groups -OCH3 is 2. The molecule has 0 aliphatic heterocycles. The number of hydrogen-bond donors (Lipinski definition) is 1. The summed E-state index contributed by atoms with van der Waals surface area (Å²) >= 11 is 0. The molecule has 0 aliphatic carbocycles. The van der Waals surface area contributed by atoms with E-state index in [1.54, 1.807) is 0 Å². The van der Waals surface area contributed by atoms with Gasteiger partial charge in [-0.1, -0.05) is 0 Å². The predicted molar refractivity (Wildman–Crippen MR) is 45.7 cm³/mol. The molecule has 0 aromatic rings. The van der Waals surface area contributed by atoms with Gasteiger partial charge in [-0.25, -0.2) is 0 Å². The summed E-state index contributed by atoms with van der Waals surface area (Å²) in [6.45, 7) is -0.440. The number of rotatable bonds is 8. The number of aldehydes is 2. The van der Waals surface area contributed by atoms with Gasteiger partial charge in [0, 0.05) is 14.2 Å². The van der Waals surface area contributed by atoms with Crippen molar-refractivity contribution in [3.8, 4) is 0 Å². The first-order valence-electron chi connectivity index (χ1n) is 3.96. The van der Waals surface area contributed by atoms with E-state index < -0.39 is 25.1 Å². The van der Waals surface area contributed by atoms with Crippen LogP contribution in [0, 0.1) is 0 Å². The highest BCUT2D eigenvalue weighted by Crippen LogP contribution is 2.04. The number of carbonyl (C=O) groups excluding carboxylic acids is 2. The highest BCUT2D eigenvalue weighted by molar-refractivity contribution is 5.57. The number of aliphatic hydroxyl groups is 1. The van der Waals surface area contributed by atoms with Crippen LogP contribution in [0.25, 0.3) is 0 Å². The van der Waals surface area contributed by atoms with Gasteiger partial charge >= 0.3 is 0 Å². The van der Waals surface area contributed by atoms with Crippen molar-refractivity contribution in [2.75, 3.05) is 20.8 Å². The highest BCUT2D eigenvalue weighted by atomic mass is 16.7. The SMILES string of the molecule is CO[C@H](C=O)O[C@H](CO)[C@H](C=O)OC. The minimum absolute atomic E-state index is 0.417. The maximum Gasteiger partial charge on any atom is 0.214 e. The molecule has 14 heavy (non-hydrogen) atoms. The van der Waals surface area contributed by atoms with E-state index in [2.05, 4.69) is 4.74 Å². The van der Waals surface area contributed by atoms with Crippen LogP contribution in [0.3, 0.4) is 0 Å². The van der Waals surface area contributed by atoms with Crippen LogP contribution in [0.1, 0.15) is 0 Å². The average molecular weight is 206 g/mol. The molecule has 0 aromatic carbocycles. The van der Waals surface area contributed by atoms with Crippen LogP contribution in [0.4, 0.5) is 0 Å². The van der Waals surface area contributed by atoms with E-state index in [-0.39, 0.29) is 0 Å². The van der Waals surface area contributed by atoms with Gasteiger partial charge in [-0.3, -0.25) is 4.79 Å². The molecule has 0 rings (SSSR count). The molecule has 6 nitrogen and oxygen atoms in total. The van der Waals surface area contributed by atoms with Gasteiger partial charge < -0.3 is 24.1 Å². The molecule has 0 radical (unpaired) electrons. The third-order valence-electron chi connectivity index (χ3n) is 1.60. The number of ether oxygens (including phenoxy) is 3. The lowest BCUT2D eigenvalue weighted by Crippen LogP contribution is -2.39. The second-order valence-electron chi connectivity index (χ2n) is 2.43. The average Bonchev–Trinajstić information content (AvgIpc) is 2.24. The maximum absolute atomic E-state index is 10.4. The van der Waals surface area contributed by atoms with Crippen LogP contribution in [-0.4, -0.2) is 57.0 Å². The number of aliphatic hydroxyl groups excluding tert-OH is 1. The van der Waals surface area contributed by atoms with Gasteiger partial charge in [0.15, 0.2) is 12.6 Å². The molecule has 0 fully saturated rings. The fourth-order valence-electron chi connectivity index (χ4n) is 0.835. The Labute approximate surface area is 81.8 Å². The smallest absolute Gasteiger partial charge is 0.214 e. The number of carbonyl (C=O) groups is 2. The summed E-state index contributed by atoms with van der Waals surface area (Å²) in [7, 11) is 2.57. The summed E-state index contributed by atoms with van der Waals surface area (Å²) in [6.07, 6.45) is -2.03. The van der Waals surface area contributed by atoms with E-state index in [0.29, 0.717) is 12.6 Å². The predicted octanol–water partition coefficient (Wildman–Crippen LogP) is -1.25. The molecule has 0 aliphatic rings. The molecule has 1 N–H and O–H groups in total. The van der Waals surface area contributed by atoms with Crippen molar-refractivity contribution in [3.05, 3.63) is 0 Å². The molecule has 0 saturated carbocycles. The Morgan fingerprint density at radius 1 is 1.21 bits per heavy atom. The van der Waals surface area contributed by atoms with Gasteiger partial charge in [0.25, 0.3) is 0 Å². The van der Waals surface area contributed by atoms with Crippen LogP contribution in [-0.2, 0) is 23.8 Å². The summed E-state index contributed by atoms with van der Waals surface area (Å²) in [6, 6.07) is 0. The third-order valence-corrected chi connectivity index (χ3v) is 1.60. The molecule has 82 valence electrons. The van der Waals surface area contributed by atoms with Gasteiger partial charge in [0.1, 0.15) is 12.2 Å². The second-order valence-corrected chi connectivity index (χ2v) is 2.43. The summed E-state index contributed by atoms with van der Waals surface area (Å²) in [5, 5.41) is 8.86. The first-order valence-corrected chi connectivity index (χ1v) is 3.96. The Morgan fingerprint density at radius 3 is 2.14 bits per heavy atom. The van der Waals surface area contributed by atoms with E-state index in [9.17, 15) is 9.59 Å². The quantitative estimate of drug-likeness (QED) is 0.394. The molecule has 0 amide bonds. The van der Waals surface area contributed by atoms with Crippen molar-refractivity contribution in [2.24, 2.45) is 0 Å². The standard InChI is InChI=1S/C8H14O6/c1-12-6(3-9)7(4-10)14-8(5-11)13-2/h3,5-8,10H,4H2,1-2H3/t6-,7+,8-/m0/s1. The minimum atomic E-state index is -1.11. The van der Waals surface area contributed by atoms with Gasteiger partial charge in [-0.2, -0.15) is 0 Å². The Morgan fingerprint density at radius 2 is 1.86 bits per heavy atom. The lowest BCUT2D eigenvalue weighted by Gasteiger charge is -2.22. The van der Waals surface area contributed by atoms with Crippen molar-refractivity contribution in [2.45, 2.75) is 18.5 Å². The summed E-state index contributed by atoms with van der Waals surface area (Å²) in [5.74, 6) is 0. The second kappa shape index (κ2) is 7.57. The zero-order valence-electron chi connectivity index (χ0n) is 8.08. The first-order chi connectivity index (χ1) is 6.73. The van der Waals surface area contributed by atoms with Crippen molar-refractivity contribution in [1.82, 2.24) is 0 Å². The minimum Gasteiger partial charge on any atom is -0.394 e. The largest absolute Gasteiger partial charge is 0.394 e. The summed E-state index contributed by atoms with van der Waals surface area (Å²) < 4.78 is 14.3. The van der Waals surface area contributed by atoms with E-state index in [1.165, 1.54) is 14.2 Å². The molecule has 0 heterocycles. The van der Waals surface area contributed by atoms with Crippen LogP contribution >= 0.6 is 0 Å². The molecule has 3 atom stereocenters. The molecule has 0 spiro atoms. The number of hydrogen-bond acceptors (Lipinski definition) is 6. The third kappa shape index (κ3) is 3.93. The lowest BCUT2D eigenvalue weighted by atomic mass is 10.2. The van der Waals surface area contributed by atoms with Crippen LogP contribution in [0.5, 0.6) is 0 Å². The van der Waals surface area contributed by atoms with Gasteiger partial charge in [0.05, 0.1) is 6.61 Å². The fraction of sp³-hybridized carbons (Fsp3) is 0.750. The van der Waals surface area contributed by atoms with Crippen LogP contribution in [0.15, 0.2) is 0 Å². The van der Waals surface area contributed by atoms with Crippen molar-refractivity contribution < 1.29 is 28.9 Å². The van der Waals surface area contributed by atoms with E-state index in [4.69, 9.17) is 14.6 Å².